The van der Waals surface area contributed by atoms with E-state index in [1.54, 1.807) is 7.11 Å². The molecule has 1 aliphatic carbocycles. The third-order valence-electron chi connectivity index (χ3n) is 7.90. The van der Waals surface area contributed by atoms with Crippen LogP contribution < -0.4 is 10.1 Å². The van der Waals surface area contributed by atoms with Crippen molar-refractivity contribution in [3.8, 4) is 16.9 Å². The number of carbonyl (C=O) groups is 1. The van der Waals surface area contributed by atoms with Gasteiger partial charge in [-0.15, -0.1) is 11.3 Å². The molecule has 2 aromatic carbocycles. The molecule has 204 valence electrons. The second-order valence-corrected chi connectivity index (χ2v) is 12.0. The molecule has 0 aliphatic heterocycles. The topological polar surface area (TPSA) is 54.5 Å². The van der Waals surface area contributed by atoms with Gasteiger partial charge in [-0.05, 0) is 101 Å². The fraction of sp³-hybridized carbons (Fsp3) is 0.375. The summed E-state index contributed by atoms with van der Waals surface area (Å²) >= 11 is 8.40. The number of ether oxygens (including phenoxy) is 1. The first-order valence-electron chi connectivity index (χ1n) is 13.6. The van der Waals surface area contributed by atoms with Crippen LogP contribution in [0.5, 0.6) is 5.75 Å². The summed E-state index contributed by atoms with van der Waals surface area (Å²) in [5.74, 6) is 0.776. The molecule has 39 heavy (non-hydrogen) atoms. The summed E-state index contributed by atoms with van der Waals surface area (Å²) in [5, 5.41) is 4.96. The number of aromatic nitrogens is 1. The highest BCUT2D eigenvalue weighted by Crippen LogP contribution is 2.40. The number of carbonyl (C=O) groups excluding carboxylic acids is 1. The zero-order valence-electron chi connectivity index (χ0n) is 23.3. The van der Waals surface area contributed by atoms with Crippen LogP contribution in [0.2, 0.25) is 5.02 Å². The Morgan fingerprint density at radius 1 is 1.05 bits per heavy atom. The van der Waals surface area contributed by atoms with Crippen LogP contribution in [-0.2, 0) is 6.54 Å². The molecular weight excluding hydrogens is 526 g/mol. The Balaban J connectivity index is 1.55. The molecule has 2 aromatic heterocycles. The number of methoxy groups -OCH3 is 1. The van der Waals surface area contributed by atoms with Gasteiger partial charge in [0.1, 0.15) is 10.6 Å². The zero-order valence-corrected chi connectivity index (χ0v) is 24.9. The number of amides is 1. The highest BCUT2D eigenvalue weighted by molar-refractivity contribution is 7.21. The van der Waals surface area contributed by atoms with E-state index >= 15 is 0 Å². The summed E-state index contributed by atoms with van der Waals surface area (Å²) in [7, 11) is 3.71. The quantitative estimate of drug-likeness (QED) is 0.251. The molecule has 0 radical (unpaired) electrons. The largest absolute Gasteiger partial charge is 0.496 e. The Hall–Kier alpha value is -2.93. The molecule has 5 rings (SSSR count). The number of rotatable bonds is 7. The van der Waals surface area contributed by atoms with Crippen LogP contribution in [0.3, 0.4) is 0 Å². The van der Waals surface area contributed by atoms with Crippen molar-refractivity contribution in [2.45, 2.75) is 65.1 Å². The minimum Gasteiger partial charge on any atom is -0.496 e. The molecule has 0 bridgehead atoms. The minimum absolute atomic E-state index is 0.00318. The first kappa shape index (κ1) is 27.6. The lowest BCUT2D eigenvalue weighted by atomic mass is 9.89. The van der Waals surface area contributed by atoms with Crippen molar-refractivity contribution >= 4 is 38.9 Å². The molecule has 4 aromatic rings. The molecule has 2 heterocycles. The van der Waals surface area contributed by atoms with Crippen molar-refractivity contribution in [1.29, 1.82) is 0 Å². The van der Waals surface area contributed by atoms with Gasteiger partial charge in [-0.2, -0.15) is 0 Å². The number of hydrogen-bond acceptors (Lipinski definition) is 5. The molecule has 0 saturated heterocycles. The number of nitrogens with zero attached hydrogens (tertiary/aromatic N) is 2. The Morgan fingerprint density at radius 3 is 2.41 bits per heavy atom. The fourth-order valence-corrected chi connectivity index (χ4v) is 7.48. The highest BCUT2D eigenvalue weighted by atomic mass is 35.5. The standard InChI is InChI=1S/C32H36ClN3O2S/c1-19-7-6-8-28-29(19)30(33)31(39-28)32(37)36(26-12-10-25(34-4)11-13-26)18-24-17-22(9-14-27(24)38-5)23-15-20(2)35-21(3)16-23/h6-9,14-17,25-26,34H,10-13,18H2,1-5H3. The van der Waals surface area contributed by atoms with Gasteiger partial charge in [0.25, 0.3) is 5.91 Å². The van der Waals surface area contributed by atoms with Crippen molar-refractivity contribution in [3.05, 3.63) is 80.9 Å². The second kappa shape index (κ2) is 11.7. The van der Waals surface area contributed by atoms with E-state index in [2.05, 4.69) is 34.6 Å². The fourth-order valence-electron chi connectivity index (χ4n) is 5.85. The average molecular weight is 562 g/mol. The molecule has 1 N–H and O–H groups in total. The van der Waals surface area contributed by atoms with Gasteiger partial charge >= 0.3 is 0 Å². The van der Waals surface area contributed by atoms with Crippen molar-refractivity contribution < 1.29 is 9.53 Å². The van der Waals surface area contributed by atoms with E-state index in [0.29, 0.717) is 22.5 Å². The van der Waals surface area contributed by atoms with Crippen LogP contribution in [-0.4, -0.2) is 42.0 Å². The van der Waals surface area contributed by atoms with Crippen LogP contribution in [0.15, 0.2) is 48.5 Å². The first-order chi connectivity index (χ1) is 18.8. The number of nitrogens with one attached hydrogen (secondary N) is 1. The lowest BCUT2D eigenvalue weighted by molar-refractivity contribution is 0.0604. The summed E-state index contributed by atoms with van der Waals surface area (Å²) in [4.78, 5) is 21.5. The molecule has 1 saturated carbocycles. The lowest BCUT2D eigenvalue weighted by Gasteiger charge is -2.37. The van der Waals surface area contributed by atoms with Gasteiger partial charge in [-0.25, -0.2) is 0 Å². The van der Waals surface area contributed by atoms with Crippen molar-refractivity contribution in [3.63, 3.8) is 0 Å². The van der Waals surface area contributed by atoms with Crippen molar-refractivity contribution in [1.82, 2.24) is 15.2 Å². The Morgan fingerprint density at radius 2 is 1.77 bits per heavy atom. The predicted octanol–water partition coefficient (Wildman–Crippen LogP) is 7.72. The van der Waals surface area contributed by atoms with Crippen molar-refractivity contribution in [2.75, 3.05) is 14.2 Å². The van der Waals surface area contributed by atoms with Gasteiger partial charge in [0.2, 0.25) is 0 Å². The van der Waals surface area contributed by atoms with E-state index in [-0.39, 0.29) is 11.9 Å². The van der Waals surface area contributed by atoms with Gasteiger partial charge < -0.3 is 15.0 Å². The summed E-state index contributed by atoms with van der Waals surface area (Å²) < 4.78 is 6.84. The molecule has 5 nitrogen and oxygen atoms in total. The van der Waals surface area contributed by atoms with E-state index in [0.717, 1.165) is 75.2 Å². The van der Waals surface area contributed by atoms with Gasteiger partial charge in [0.15, 0.2) is 0 Å². The number of pyridine rings is 1. The molecule has 1 fully saturated rings. The van der Waals surface area contributed by atoms with Gasteiger partial charge in [-0.1, -0.05) is 29.8 Å². The molecule has 7 heteroatoms. The average Bonchev–Trinajstić information content (AvgIpc) is 3.28. The smallest absolute Gasteiger partial charge is 0.266 e. The van der Waals surface area contributed by atoms with Gasteiger partial charge in [0.05, 0.1) is 12.1 Å². The number of fused-ring (bicyclic) bond motifs is 1. The normalized spacial score (nSPS) is 17.4. The molecule has 0 atom stereocenters. The number of benzene rings is 2. The van der Waals surface area contributed by atoms with Crippen LogP contribution in [0.1, 0.15) is 57.9 Å². The third-order valence-corrected chi connectivity index (χ3v) is 9.54. The predicted molar refractivity (Wildman–Crippen MR) is 162 cm³/mol. The van der Waals surface area contributed by atoms with E-state index < -0.39 is 0 Å². The SMILES string of the molecule is CNC1CCC(N(Cc2cc(-c3cc(C)nc(C)c3)ccc2OC)C(=O)c2sc3cccc(C)c3c2Cl)CC1. The maximum absolute atomic E-state index is 14.3. The van der Waals surface area contributed by atoms with E-state index in [1.807, 2.05) is 57.0 Å². The number of halogens is 1. The number of aryl methyl sites for hydroxylation is 3. The van der Waals surface area contributed by atoms with E-state index in [9.17, 15) is 4.79 Å². The molecule has 1 aliphatic rings. The number of thiophene rings is 1. The van der Waals surface area contributed by atoms with Gasteiger partial charge in [-0.3, -0.25) is 9.78 Å². The van der Waals surface area contributed by atoms with E-state index in [1.165, 1.54) is 11.3 Å². The van der Waals surface area contributed by atoms with Gasteiger partial charge in [0, 0.05) is 45.7 Å². The summed E-state index contributed by atoms with van der Waals surface area (Å²) in [6, 6.07) is 17.2. The maximum atomic E-state index is 14.3. The number of hydrogen-bond donors (Lipinski definition) is 1. The summed E-state index contributed by atoms with van der Waals surface area (Å²) in [6.07, 6.45) is 3.97. The molecular formula is C32H36ClN3O2S. The van der Waals surface area contributed by atoms with Crippen LogP contribution in [0.4, 0.5) is 0 Å². The molecule has 0 unspecified atom stereocenters. The Kier molecular flexibility index (Phi) is 8.27. The second-order valence-electron chi connectivity index (χ2n) is 10.6. The summed E-state index contributed by atoms with van der Waals surface area (Å²) in [6.45, 7) is 6.53. The van der Waals surface area contributed by atoms with E-state index in [4.69, 9.17) is 16.3 Å². The highest BCUT2D eigenvalue weighted by Gasteiger charge is 2.32. The summed E-state index contributed by atoms with van der Waals surface area (Å²) in [5.41, 5.74) is 6.23. The molecule has 0 spiro atoms. The van der Waals surface area contributed by atoms with Crippen LogP contribution in [0.25, 0.3) is 21.2 Å². The first-order valence-corrected chi connectivity index (χ1v) is 14.8. The zero-order chi connectivity index (χ0) is 27.7. The molecule has 1 amide bonds. The monoisotopic (exact) mass is 561 g/mol. The third kappa shape index (κ3) is 5.69. The Labute approximate surface area is 240 Å². The van der Waals surface area contributed by atoms with Crippen molar-refractivity contribution in [2.24, 2.45) is 0 Å². The van der Waals surface area contributed by atoms with Crippen LogP contribution in [0, 0.1) is 20.8 Å². The lowest BCUT2D eigenvalue weighted by Crippen LogP contribution is -2.44. The minimum atomic E-state index is -0.00318. The van der Waals surface area contributed by atoms with Crippen LogP contribution >= 0.6 is 22.9 Å². The Bertz CT molecular complexity index is 1490. The maximum Gasteiger partial charge on any atom is 0.266 e.